The smallest absolute Gasteiger partial charge is 0.334 e. The standard InChI is InChI=1S/C17H19ClF3N7OS/c18-12-7-6-10(17(19,20)21)8-13(12)23-14(29)9-30-16-27-26-15(28(16)22)25-24-11-4-2-1-3-5-11/h6-8H,1-5,9,22H2,(H,23,29)(H,25,26). The third-order valence-corrected chi connectivity index (χ3v) is 5.58. The Hall–Kier alpha value is -2.47. The molecule has 1 aliphatic rings. The van der Waals surface area contributed by atoms with Crippen LogP contribution >= 0.6 is 23.4 Å². The molecule has 0 spiro atoms. The number of halogens is 4. The summed E-state index contributed by atoms with van der Waals surface area (Å²) in [4.78, 5) is 12.1. The molecule has 1 amide bonds. The summed E-state index contributed by atoms with van der Waals surface area (Å²) in [5, 5.41) is 14.7. The molecule has 1 aromatic carbocycles. The van der Waals surface area contributed by atoms with Crippen molar-refractivity contribution in [2.75, 3.05) is 22.3 Å². The van der Waals surface area contributed by atoms with Crippen molar-refractivity contribution in [3.05, 3.63) is 28.8 Å². The second-order valence-electron chi connectivity index (χ2n) is 6.56. The summed E-state index contributed by atoms with van der Waals surface area (Å²) in [5.41, 5.74) is 2.77. The topological polar surface area (TPSA) is 110 Å². The minimum atomic E-state index is -4.54. The zero-order valence-corrected chi connectivity index (χ0v) is 17.2. The van der Waals surface area contributed by atoms with E-state index < -0.39 is 17.6 Å². The van der Waals surface area contributed by atoms with Crippen molar-refractivity contribution in [2.24, 2.45) is 5.10 Å². The molecule has 0 unspecified atom stereocenters. The lowest BCUT2D eigenvalue weighted by atomic mass is 9.99. The van der Waals surface area contributed by atoms with Crippen LogP contribution in [0.2, 0.25) is 5.02 Å². The summed E-state index contributed by atoms with van der Waals surface area (Å²) < 4.78 is 39.6. The number of anilines is 2. The predicted octanol–water partition coefficient (Wildman–Crippen LogP) is 4.13. The quantitative estimate of drug-likeness (QED) is 0.339. The number of nitrogens with two attached hydrogens (primary N) is 1. The molecular formula is C17H19ClF3N7OS. The molecule has 2 aromatic rings. The Kier molecular flexibility index (Phi) is 7.08. The molecule has 0 aliphatic heterocycles. The Balaban J connectivity index is 1.57. The van der Waals surface area contributed by atoms with E-state index in [9.17, 15) is 18.0 Å². The van der Waals surface area contributed by atoms with Crippen molar-refractivity contribution in [2.45, 2.75) is 43.4 Å². The maximum absolute atomic E-state index is 12.8. The lowest BCUT2D eigenvalue weighted by Gasteiger charge is -2.12. The predicted molar refractivity (Wildman–Crippen MR) is 110 cm³/mol. The van der Waals surface area contributed by atoms with Gasteiger partial charge in [-0.2, -0.15) is 18.3 Å². The highest BCUT2D eigenvalue weighted by Crippen LogP contribution is 2.34. The average Bonchev–Trinajstić information content (AvgIpc) is 3.06. The Morgan fingerprint density at radius 2 is 2.00 bits per heavy atom. The summed E-state index contributed by atoms with van der Waals surface area (Å²) in [6.45, 7) is 0. The Bertz CT molecular complexity index is 940. The molecule has 13 heteroatoms. The molecule has 4 N–H and O–H groups in total. The number of amides is 1. The van der Waals surface area contributed by atoms with Gasteiger partial charge in [-0.1, -0.05) is 29.8 Å². The fourth-order valence-electron chi connectivity index (χ4n) is 2.77. The van der Waals surface area contributed by atoms with Crippen LogP contribution in [0.3, 0.4) is 0 Å². The molecule has 0 saturated heterocycles. The van der Waals surface area contributed by atoms with Crippen LogP contribution in [0.15, 0.2) is 28.5 Å². The molecule has 1 aliphatic carbocycles. The van der Waals surface area contributed by atoms with Crippen molar-refractivity contribution in [1.82, 2.24) is 14.9 Å². The number of hydrogen-bond acceptors (Lipinski definition) is 7. The van der Waals surface area contributed by atoms with Gasteiger partial charge in [0.25, 0.3) is 5.95 Å². The molecule has 1 saturated carbocycles. The van der Waals surface area contributed by atoms with Crippen LogP contribution in [-0.2, 0) is 11.0 Å². The van der Waals surface area contributed by atoms with Crippen LogP contribution in [0.25, 0.3) is 0 Å². The molecule has 1 heterocycles. The molecule has 3 rings (SSSR count). The van der Waals surface area contributed by atoms with Crippen LogP contribution in [0.5, 0.6) is 0 Å². The van der Waals surface area contributed by atoms with E-state index in [1.807, 2.05) is 0 Å². The maximum atomic E-state index is 12.8. The Morgan fingerprint density at radius 1 is 1.27 bits per heavy atom. The van der Waals surface area contributed by atoms with Crippen molar-refractivity contribution >= 4 is 46.6 Å². The van der Waals surface area contributed by atoms with Gasteiger partial charge in [-0.05, 0) is 43.9 Å². The van der Waals surface area contributed by atoms with E-state index in [4.69, 9.17) is 17.4 Å². The number of thioether (sulfide) groups is 1. The molecule has 8 nitrogen and oxygen atoms in total. The number of alkyl halides is 3. The first-order valence-electron chi connectivity index (χ1n) is 9.05. The highest BCUT2D eigenvalue weighted by molar-refractivity contribution is 7.99. The average molecular weight is 462 g/mol. The number of hydrazone groups is 1. The zero-order valence-electron chi connectivity index (χ0n) is 15.7. The minimum absolute atomic E-state index is 0.00310. The summed E-state index contributed by atoms with van der Waals surface area (Å²) in [6.07, 6.45) is 0.695. The number of carbonyl (C=O) groups excluding carboxylic acids is 1. The first-order valence-corrected chi connectivity index (χ1v) is 10.4. The van der Waals surface area contributed by atoms with Gasteiger partial charge in [0.15, 0.2) is 0 Å². The highest BCUT2D eigenvalue weighted by Gasteiger charge is 2.31. The lowest BCUT2D eigenvalue weighted by Crippen LogP contribution is -2.18. The van der Waals surface area contributed by atoms with E-state index in [2.05, 4.69) is 26.0 Å². The van der Waals surface area contributed by atoms with E-state index >= 15 is 0 Å². The van der Waals surface area contributed by atoms with Gasteiger partial charge in [0.05, 0.1) is 22.0 Å². The summed E-state index contributed by atoms with van der Waals surface area (Å²) in [6, 6.07) is 2.70. The van der Waals surface area contributed by atoms with Crippen molar-refractivity contribution in [1.29, 1.82) is 0 Å². The number of rotatable bonds is 6. The van der Waals surface area contributed by atoms with Crippen molar-refractivity contribution < 1.29 is 18.0 Å². The van der Waals surface area contributed by atoms with Crippen molar-refractivity contribution in [3.8, 4) is 0 Å². The minimum Gasteiger partial charge on any atom is -0.334 e. The Labute approximate surface area is 179 Å². The normalized spacial score (nSPS) is 14.5. The number of nitrogen functional groups attached to an aromatic ring is 1. The number of benzene rings is 1. The number of nitrogens with zero attached hydrogens (tertiary/aromatic N) is 4. The molecular weight excluding hydrogens is 443 g/mol. The fourth-order valence-corrected chi connectivity index (χ4v) is 3.59. The largest absolute Gasteiger partial charge is 0.416 e. The van der Waals surface area contributed by atoms with Gasteiger partial charge in [-0.25, -0.2) is 10.1 Å². The third-order valence-electron chi connectivity index (χ3n) is 4.31. The third kappa shape index (κ3) is 5.79. The summed E-state index contributed by atoms with van der Waals surface area (Å²) in [5.74, 6) is 5.41. The van der Waals surface area contributed by atoms with Gasteiger partial charge in [0.2, 0.25) is 11.1 Å². The lowest BCUT2D eigenvalue weighted by molar-refractivity contribution is -0.137. The monoisotopic (exact) mass is 461 g/mol. The molecule has 30 heavy (non-hydrogen) atoms. The molecule has 0 atom stereocenters. The second kappa shape index (κ2) is 9.56. The van der Waals surface area contributed by atoms with E-state index in [1.54, 1.807) is 0 Å². The van der Waals surface area contributed by atoms with Gasteiger partial charge in [0, 0.05) is 5.71 Å². The second-order valence-corrected chi connectivity index (χ2v) is 7.91. The summed E-state index contributed by atoms with van der Waals surface area (Å²) in [7, 11) is 0. The van der Waals surface area contributed by atoms with Gasteiger partial charge in [-0.15, -0.1) is 10.2 Å². The SMILES string of the molecule is Nn1c(NN=C2CCCCC2)nnc1SCC(=O)Nc1cc(C(F)(F)F)ccc1Cl. The molecule has 1 fully saturated rings. The summed E-state index contributed by atoms with van der Waals surface area (Å²) >= 11 is 6.85. The van der Waals surface area contributed by atoms with Crippen LogP contribution in [0.1, 0.15) is 37.7 Å². The van der Waals surface area contributed by atoms with E-state index in [0.29, 0.717) is 0 Å². The van der Waals surface area contributed by atoms with Crippen LogP contribution in [0, 0.1) is 0 Å². The number of hydrogen-bond donors (Lipinski definition) is 3. The van der Waals surface area contributed by atoms with Crippen LogP contribution < -0.4 is 16.6 Å². The fraction of sp³-hybridized carbons (Fsp3) is 0.412. The number of carbonyl (C=O) groups is 1. The zero-order chi connectivity index (χ0) is 21.7. The van der Waals surface area contributed by atoms with E-state index in [1.165, 1.54) is 6.42 Å². The molecule has 162 valence electrons. The van der Waals surface area contributed by atoms with E-state index in [0.717, 1.165) is 66.0 Å². The maximum Gasteiger partial charge on any atom is 0.416 e. The van der Waals surface area contributed by atoms with Crippen LogP contribution in [-0.4, -0.2) is 32.2 Å². The first-order chi connectivity index (χ1) is 14.2. The molecule has 0 radical (unpaired) electrons. The molecule has 0 bridgehead atoms. The first kappa shape index (κ1) is 22.2. The number of aromatic nitrogens is 3. The van der Waals surface area contributed by atoms with Crippen LogP contribution in [0.4, 0.5) is 24.8 Å². The number of nitrogens with one attached hydrogen (secondary N) is 2. The molecule has 1 aromatic heterocycles. The van der Waals surface area contributed by atoms with Gasteiger partial charge < -0.3 is 11.2 Å². The van der Waals surface area contributed by atoms with E-state index in [-0.39, 0.29) is 27.6 Å². The van der Waals surface area contributed by atoms with Gasteiger partial charge in [-0.3, -0.25) is 4.79 Å². The highest BCUT2D eigenvalue weighted by atomic mass is 35.5. The van der Waals surface area contributed by atoms with Gasteiger partial charge in [0.1, 0.15) is 0 Å². The Morgan fingerprint density at radius 3 is 2.70 bits per heavy atom. The van der Waals surface area contributed by atoms with Gasteiger partial charge >= 0.3 is 6.18 Å². The van der Waals surface area contributed by atoms with Crippen molar-refractivity contribution in [3.63, 3.8) is 0 Å².